The molecule has 0 aliphatic rings. The van der Waals surface area contributed by atoms with Gasteiger partial charge in [-0.15, -0.1) is 0 Å². The quantitative estimate of drug-likeness (QED) is 0.188. The lowest BCUT2D eigenvalue weighted by Crippen LogP contribution is -2.33. The molecule has 2 aromatic heterocycles. The van der Waals surface area contributed by atoms with E-state index in [4.69, 9.17) is 15.4 Å². The lowest BCUT2D eigenvalue weighted by atomic mass is 10.2. The zero-order valence-electron chi connectivity index (χ0n) is 15.4. The Morgan fingerprint density at radius 3 is 2.93 bits per heavy atom. The molecule has 10 heteroatoms. The molecule has 0 saturated heterocycles. The summed E-state index contributed by atoms with van der Waals surface area (Å²) in [5.74, 6) is 0.634. The van der Waals surface area contributed by atoms with Crippen LogP contribution in [0.1, 0.15) is 25.5 Å². The molecule has 0 spiro atoms. The Bertz CT molecular complexity index is 835. The number of aromatic nitrogens is 2. The van der Waals surface area contributed by atoms with E-state index in [1.807, 2.05) is 24.4 Å². The molecule has 2 aromatic rings. The topological polar surface area (TPSA) is 150 Å². The van der Waals surface area contributed by atoms with E-state index in [0.29, 0.717) is 30.4 Å². The van der Waals surface area contributed by atoms with Crippen molar-refractivity contribution < 1.29 is 4.42 Å². The van der Waals surface area contributed by atoms with Gasteiger partial charge in [-0.2, -0.15) is 10.2 Å². The van der Waals surface area contributed by atoms with Gasteiger partial charge in [0.1, 0.15) is 12.0 Å². The Morgan fingerprint density at radius 1 is 1.33 bits per heavy atom. The van der Waals surface area contributed by atoms with Crippen molar-refractivity contribution in [2.45, 2.75) is 26.3 Å². The van der Waals surface area contributed by atoms with Gasteiger partial charge in [0.15, 0.2) is 12.2 Å². The zero-order chi connectivity index (χ0) is 19.5. The number of nitrogens with two attached hydrogens (primary N) is 1. The van der Waals surface area contributed by atoms with Gasteiger partial charge in [-0.1, -0.05) is 19.4 Å². The largest absolute Gasteiger partial charge is 0.431 e. The molecular formula is C17H23N9O. The van der Waals surface area contributed by atoms with E-state index >= 15 is 0 Å². The summed E-state index contributed by atoms with van der Waals surface area (Å²) in [5.41, 5.74) is 7.77. The van der Waals surface area contributed by atoms with Crippen LogP contribution in [0.2, 0.25) is 0 Å². The maximum atomic E-state index is 8.64. The maximum absolute atomic E-state index is 8.64. The van der Waals surface area contributed by atoms with Crippen molar-refractivity contribution in [1.29, 1.82) is 5.26 Å². The average Bonchev–Trinajstić information content (AvgIpc) is 3.14. The van der Waals surface area contributed by atoms with Gasteiger partial charge in [-0.25, -0.2) is 4.98 Å². The summed E-state index contributed by atoms with van der Waals surface area (Å²) in [5, 5.41) is 16.9. The van der Waals surface area contributed by atoms with Gasteiger partial charge in [-0.05, 0) is 18.6 Å². The molecule has 5 N–H and O–H groups in total. The summed E-state index contributed by atoms with van der Waals surface area (Å²) in [7, 11) is 1.58. The third-order valence-electron chi connectivity index (χ3n) is 3.44. The van der Waals surface area contributed by atoms with Gasteiger partial charge in [0.25, 0.3) is 0 Å². The van der Waals surface area contributed by atoms with E-state index in [1.165, 1.54) is 6.26 Å². The molecule has 27 heavy (non-hydrogen) atoms. The Hall–Kier alpha value is -3.61. The minimum Gasteiger partial charge on any atom is -0.431 e. The van der Waals surface area contributed by atoms with Crippen LogP contribution in [0.25, 0.3) is 11.4 Å². The Morgan fingerprint density at radius 2 is 2.19 bits per heavy atom. The van der Waals surface area contributed by atoms with Gasteiger partial charge < -0.3 is 15.5 Å². The first kappa shape index (κ1) is 19.7. The number of oxazole rings is 1. The molecule has 10 nitrogen and oxygen atoms in total. The molecule has 142 valence electrons. The van der Waals surface area contributed by atoms with Gasteiger partial charge in [0.2, 0.25) is 5.96 Å². The highest BCUT2D eigenvalue weighted by Gasteiger charge is 2.09. The molecule has 0 aliphatic carbocycles. The SMILES string of the molecule is CCCCN=C(N)Nc1nc(-c2cccc(CNC(=NC)NC#N)n2)co1. The molecule has 0 aromatic carbocycles. The van der Waals surface area contributed by atoms with E-state index < -0.39 is 0 Å². The summed E-state index contributed by atoms with van der Waals surface area (Å²) in [6.07, 6.45) is 5.33. The molecule has 2 rings (SSSR count). The molecule has 0 unspecified atom stereocenters. The fourth-order valence-electron chi connectivity index (χ4n) is 2.08. The summed E-state index contributed by atoms with van der Waals surface area (Å²) < 4.78 is 5.38. The minimum absolute atomic E-state index is 0.256. The highest BCUT2D eigenvalue weighted by Crippen LogP contribution is 2.19. The summed E-state index contributed by atoms with van der Waals surface area (Å²) in [4.78, 5) is 17.0. The van der Waals surface area contributed by atoms with Crippen molar-refractivity contribution in [3.63, 3.8) is 0 Å². The standard InChI is InChI=1S/C17H23N9O/c1-3-4-8-21-15(19)26-17-25-14(10-27-17)13-7-5-6-12(24-13)9-22-16(20-2)23-11-18/h5-7,10H,3-4,8-9H2,1-2H3,(H2,20,22,23)(H3,19,21,25,26). The highest BCUT2D eigenvalue weighted by atomic mass is 16.4. The van der Waals surface area contributed by atoms with Gasteiger partial charge in [-0.3, -0.25) is 20.6 Å². The van der Waals surface area contributed by atoms with Crippen LogP contribution in [-0.2, 0) is 6.54 Å². The van der Waals surface area contributed by atoms with E-state index in [9.17, 15) is 0 Å². The normalized spacial score (nSPS) is 11.7. The van der Waals surface area contributed by atoms with Crippen molar-refractivity contribution >= 4 is 17.9 Å². The van der Waals surface area contributed by atoms with Crippen molar-refractivity contribution in [1.82, 2.24) is 20.6 Å². The molecule has 0 bridgehead atoms. The lowest BCUT2D eigenvalue weighted by molar-refractivity contribution is 0.579. The third-order valence-corrected chi connectivity index (χ3v) is 3.44. The summed E-state index contributed by atoms with van der Waals surface area (Å²) in [6, 6.07) is 5.80. The molecule has 0 atom stereocenters. The molecule has 0 aliphatic heterocycles. The number of nitriles is 1. The number of unbranched alkanes of at least 4 members (excludes halogenated alkanes) is 1. The smallest absolute Gasteiger partial charge is 0.302 e. The number of hydrogen-bond acceptors (Lipinski definition) is 6. The zero-order valence-corrected chi connectivity index (χ0v) is 15.4. The van der Waals surface area contributed by atoms with Gasteiger partial charge >= 0.3 is 6.01 Å². The Kier molecular flexibility index (Phi) is 7.59. The Balaban J connectivity index is 2.02. The minimum atomic E-state index is 0.256. The number of nitrogens with zero attached hydrogens (tertiary/aromatic N) is 5. The number of hydrogen-bond donors (Lipinski definition) is 4. The predicted octanol–water partition coefficient (Wildman–Crippen LogP) is 1.41. The number of nitrogens with one attached hydrogen (secondary N) is 3. The fourth-order valence-corrected chi connectivity index (χ4v) is 2.08. The molecular weight excluding hydrogens is 346 g/mol. The summed E-state index contributed by atoms with van der Waals surface area (Å²) >= 11 is 0. The predicted molar refractivity (Wildman–Crippen MR) is 104 cm³/mol. The number of aliphatic imine (C=N–C) groups is 2. The van der Waals surface area contributed by atoms with Crippen molar-refractivity contribution in [2.75, 3.05) is 18.9 Å². The van der Waals surface area contributed by atoms with Crippen LogP contribution in [0.4, 0.5) is 6.01 Å². The second kappa shape index (κ2) is 10.4. The van der Waals surface area contributed by atoms with Gasteiger partial charge in [0.05, 0.1) is 17.9 Å². The van der Waals surface area contributed by atoms with Crippen LogP contribution in [0.5, 0.6) is 0 Å². The van der Waals surface area contributed by atoms with Gasteiger partial charge in [0, 0.05) is 13.6 Å². The maximum Gasteiger partial charge on any atom is 0.302 e. The Labute approximate surface area is 157 Å². The molecule has 0 fully saturated rings. The molecule has 2 heterocycles. The van der Waals surface area contributed by atoms with Crippen molar-refractivity contribution in [3.8, 4) is 17.6 Å². The molecule has 0 radical (unpaired) electrons. The first-order valence-corrected chi connectivity index (χ1v) is 8.50. The second-order valence-electron chi connectivity index (χ2n) is 5.46. The number of guanidine groups is 2. The molecule has 0 saturated carbocycles. The number of rotatable bonds is 7. The third kappa shape index (κ3) is 6.32. The van der Waals surface area contributed by atoms with Crippen LogP contribution >= 0.6 is 0 Å². The van der Waals surface area contributed by atoms with E-state index in [0.717, 1.165) is 18.5 Å². The van der Waals surface area contributed by atoms with Crippen LogP contribution < -0.4 is 21.7 Å². The highest BCUT2D eigenvalue weighted by molar-refractivity contribution is 5.90. The first-order valence-electron chi connectivity index (χ1n) is 8.50. The van der Waals surface area contributed by atoms with Crippen LogP contribution in [-0.4, -0.2) is 35.5 Å². The monoisotopic (exact) mass is 369 g/mol. The van der Waals surface area contributed by atoms with Crippen LogP contribution in [0.15, 0.2) is 38.9 Å². The van der Waals surface area contributed by atoms with E-state index in [-0.39, 0.29) is 12.0 Å². The second-order valence-corrected chi connectivity index (χ2v) is 5.46. The van der Waals surface area contributed by atoms with E-state index in [2.05, 4.69) is 42.8 Å². The van der Waals surface area contributed by atoms with Crippen LogP contribution in [0.3, 0.4) is 0 Å². The lowest BCUT2D eigenvalue weighted by Gasteiger charge is -2.07. The average molecular weight is 369 g/mol. The molecule has 0 amide bonds. The summed E-state index contributed by atoms with van der Waals surface area (Å²) in [6.45, 7) is 3.14. The fraction of sp³-hybridized carbons (Fsp3) is 0.353. The van der Waals surface area contributed by atoms with E-state index in [1.54, 1.807) is 7.05 Å². The number of anilines is 1. The van der Waals surface area contributed by atoms with Crippen molar-refractivity contribution in [2.24, 2.45) is 15.7 Å². The van der Waals surface area contributed by atoms with Crippen LogP contribution in [0, 0.1) is 11.5 Å². The van der Waals surface area contributed by atoms with Crippen molar-refractivity contribution in [3.05, 3.63) is 30.2 Å². The first-order chi connectivity index (χ1) is 13.2. The number of pyridine rings is 1.